The zero-order chi connectivity index (χ0) is 25.7. The van der Waals surface area contributed by atoms with E-state index in [4.69, 9.17) is 4.98 Å². The van der Waals surface area contributed by atoms with Gasteiger partial charge in [-0.25, -0.2) is 13.4 Å². The van der Waals surface area contributed by atoms with Crippen molar-refractivity contribution in [2.24, 2.45) is 0 Å². The van der Waals surface area contributed by atoms with Gasteiger partial charge in [0.25, 0.3) is 0 Å². The van der Waals surface area contributed by atoms with E-state index >= 15 is 0 Å². The molecule has 0 unspecified atom stereocenters. The van der Waals surface area contributed by atoms with Gasteiger partial charge in [-0.1, -0.05) is 38.1 Å². The van der Waals surface area contributed by atoms with Gasteiger partial charge in [0.2, 0.25) is 10.0 Å². The summed E-state index contributed by atoms with van der Waals surface area (Å²) in [4.78, 5) is 12.6. The topological polar surface area (TPSA) is 99.8 Å². The average molecular weight is 502 g/mol. The smallest absolute Gasteiger partial charge is 0.232 e. The van der Waals surface area contributed by atoms with E-state index in [9.17, 15) is 8.42 Å². The monoisotopic (exact) mass is 501 g/mol. The summed E-state index contributed by atoms with van der Waals surface area (Å²) in [5, 5.41) is 5.49. The Labute approximate surface area is 212 Å². The number of sulfonamides is 1. The molecule has 186 valence electrons. The summed E-state index contributed by atoms with van der Waals surface area (Å²) in [5.74, 6) is 0.0161. The molecule has 36 heavy (non-hydrogen) atoms. The first-order valence-electron chi connectivity index (χ1n) is 12.1. The van der Waals surface area contributed by atoms with E-state index in [1.165, 1.54) is 0 Å². The van der Waals surface area contributed by atoms with Gasteiger partial charge in [-0.3, -0.25) is 9.71 Å². The van der Waals surface area contributed by atoms with Gasteiger partial charge < -0.3 is 10.3 Å². The Balaban J connectivity index is 0.00000148. The van der Waals surface area contributed by atoms with Gasteiger partial charge in [0.1, 0.15) is 0 Å². The van der Waals surface area contributed by atoms with Gasteiger partial charge in [0.05, 0.1) is 17.0 Å². The fourth-order valence-corrected chi connectivity index (χ4v) is 4.75. The Morgan fingerprint density at radius 2 is 1.78 bits per heavy atom. The van der Waals surface area contributed by atoms with Crippen molar-refractivity contribution < 1.29 is 8.42 Å². The fraction of sp³-hybridized carbons (Fsp3) is 0.214. The number of fused-ring (bicyclic) bond motifs is 2. The number of anilines is 2. The molecular formula is C28H31N5O2S. The number of rotatable bonds is 7. The van der Waals surface area contributed by atoms with Crippen LogP contribution in [-0.2, 0) is 16.6 Å². The van der Waals surface area contributed by atoms with E-state index in [0.29, 0.717) is 12.2 Å². The Bertz CT molecular complexity index is 1600. The highest BCUT2D eigenvalue weighted by Gasteiger charge is 2.16. The molecule has 0 saturated carbocycles. The number of H-pyrrole nitrogens is 1. The van der Waals surface area contributed by atoms with E-state index in [2.05, 4.69) is 32.1 Å². The number of para-hydroxylation sites is 1. The Morgan fingerprint density at radius 3 is 2.53 bits per heavy atom. The zero-order valence-electron chi connectivity index (χ0n) is 21.0. The standard InChI is InChI=1S/C26H25N5O2S.C2H6/c1-3-34(32,33)31-19-10-11-23-21(13-19)26(17(2)29-23)25-14-24(20-8-4-5-9-22(20)30-25)28-16-18-7-6-12-27-15-18;1-2/h4-15,29,31H,3,16H2,1-2H3,(H,28,30);1-2H3. The van der Waals surface area contributed by atoms with E-state index in [1.54, 1.807) is 19.2 Å². The lowest BCUT2D eigenvalue weighted by Gasteiger charge is -2.13. The highest BCUT2D eigenvalue weighted by atomic mass is 32.2. The minimum absolute atomic E-state index is 0.0161. The van der Waals surface area contributed by atoms with Gasteiger partial charge in [-0.15, -0.1) is 0 Å². The number of hydrogen-bond acceptors (Lipinski definition) is 5. The number of pyridine rings is 2. The molecule has 2 aromatic carbocycles. The maximum absolute atomic E-state index is 12.1. The second kappa shape index (κ2) is 10.8. The largest absolute Gasteiger partial charge is 0.380 e. The lowest BCUT2D eigenvalue weighted by molar-refractivity contribution is 0.602. The SMILES string of the molecule is CC.CCS(=O)(=O)Nc1ccc2[nH]c(C)c(-c3cc(NCc4cccnc4)c4ccccc4n3)c2c1. The minimum atomic E-state index is -3.37. The Hall–Kier alpha value is -3.91. The molecule has 5 rings (SSSR count). The highest BCUT2D eigenvalue weighted by molar-refractivity contribution is 7.92. The molecule has 7 nitrogen and oxygen atoms in total. The maximum Gasteiger partial charge on any atom is 0.232 e. The summed E-state index contributed by atoms with van der Waals surface area (Å²) >= 11 is 0. The van der Waals surface area contributed by atoms with E-state index in [-0.39, 0.29) is 5.75 Å². The van der Waals surface area contributed by atoms with Gasteiger partial charge in [-0.2, -0.15) is 0 Å². The van der Waals surface area contributed by atoms with Crippen LogP contribution in [0.4, 0.5) is 11.4 Å². The number of aromatic nitrogens is 3. The van der Waals surface area contributed by atoms with Gasteiger partial charge in [-0.05, 0) is 55.8 Å². The summed E-state index contributed by atoms with van der Waals surface area (Å²) in [6.45, 7) is 8.26. The van der Waals surface area contributed by atoms with Crippen molar-refractivity contribution in [3.8, 4) is 11.3 Å². The molecule has 3 aromatic heterocycles. The van der Waals surface area contributed by atoms with Crippen LogP contribution in [0.25, 0.3) is 33.1 Å². The second-order valence-corrected chi connectivity index (χ2v) is 10.2. The highest BCUT2D eigenvalue weighted by Crippen LogP contribution is 2.36. The predicted octanol–water partition coefficient (Wildman–Crippen LogP) is 6.49. The molecular weight excluding hydrogens is 470 g/mol. The van der Waals surface area contributed by atoms with Crippen LogP contribution in [0.5, 0.6) is 0 Å². The average Bonchev–Trinajstić information content (AvgIpc) is 3.23. The molecule has 0 bridgehead atoms. The van der Waals surface area contributed by atoms with Gasteiger partial charge in [0.15, 0.2) is 0 Å². The molecule has 0 aliphatic carbocycles. The third kappa shape index (κ3) is 5.33. The number of nitrogens with one attached hydrogen (secondary N) is 3. The summed E-state index contributed by atoms with van der Waals surface area (Å²) in [7, 11) is -3.37. The molecule has 3 N–H and O–H groups in total. The normalized spacial score (nSPS) is 11.2. The fourth-order valence-electron chi connectivity index (χ4n) is 4.12. The Morgan fingerprint density at radius 1 is 0.972 bits per heavy atom. The molecule has 0 radical (unpaired) electrons. The van der Waals surface area contributed by atoms with E-state index < -0.39 is 10.0 Å². The second-order valence-electron chi connectivity index (χ2n) is 8.18. The van der Waals surface area contributed by atoms with Crippen LogP contribution in [0, 0.1) is 6.92 Å². The summed E-state index contributed by atoms with van der Waals surface area (Å²) in [5.41, 5.74) is 7.12. The van der Waals surface area contributed by atoms with E-state index in [1.807, 2.05) is 69.4 Å². The van der Waals surface area contributed by atoms with Crippen LogP contribution < -0.4 is 10.0 Å². The molecule has 8 heteroatoms. The summed E-state index contributed by atoms with van der Waals surface area (Å²) in [6, 6.07) is 19.6. The lowest BCUT2D eigenvalue weighted by atomic mass is 10.0. The van der Waals surface area contributed by atoms with Gasteiger partial charge in [0, 0.05) is 57.9 Å². The van der Waals surface area contributed by atoms with Crippen molar-refractivity contribution in [2.45, 2.75) is 34.2 Å². The summed E-state index contributed by atoms with van der Waals surface area (Å²) in [6.07, 6.45) is 3.61. The van der Waals surface area contributed by atoms with Crippen LogP contribution in [-0.4, -0.2) is 29.1 Å². The van der Waals surface area contributed by atoms with Crippen molar-refractivity contribution in [1.82, 2.24) is 15.0 Å². The first-order valence-corrected chi connectivity index (χ1v) is 13.7. The van der Waals surface area contributed by atoms with Crippen LogP contribution in [0.1, 0.15) is 32.0 Å². The minimum Gasteiger partial charge on any atom is -0.380 e. The number of nitrogens with zero attached hydrogens (tertiary/aromatic N) is 2. The van der Waals surface area contributed by atoms with Crippen LogP contribution >= 0.6 is 0 Å². The van der Waals surface area contributed by atoms with E-state index in [0.717, 1.165) is 50.0 Å². The zero-order valence-corrected chi connectivity index (χ0v) is 21.8. The van der Waals surface area contributed by atoms with Crippen LogP contribution in [0.15, 0.2) is 73.1 Å². The molecule has 0 aliphatic rings. The predicted molar refractivity (Wildman–Crippen MR) is 150 cm³/mol. The number of aromatic amines is 1. The molecule has 3 heterocycles. The number of hydrogen-bond donors (Lipinski definition) is 3. The quantitative estimate of drug-likeness (QED) is 0.237. The van der Waals surface area contributed by atoms with Crippen LogP contribution in [0.2, 0.25) is 0 Å². The van der Waals surface area contributed by atoms with Crippen molar-refractivity contribution >= 4 is 43.2 Å². The first-order chi connectivity index (χ1) is 17.4. The van der Waals surface area contributed by atoms with Crippen molar-refractivity contribution in [3.05, 3.63) is 84.3 Å². The third-order valence-electron chi connectivity index (χ3n) is 5.82. The number of benzene rings is 2. The molecule has 0 amide bonds. The van der Waals surface area contributed by atoms with Crippen molar-refractivity contribution in [1.29, 1.82) is 0 Å². The van der Waals surface area contributed by atoms with Crippen molar-refractivity contribution in [3.63, 3.8) is 0 Å². The lowest BCUT2D eigenvalue weighted by Crippen LogP contribution is -2.14. The molecule has 0 atom stereocenters. The molecule has 0 spiro atoms. The summed E-state index contributed by atoms with van der Waals surface area (Å²) < 4.78 is 26.8. The number of aryl methyl sites for hydroxylation is 1. The Kier molecular flexibility index (Phi) is 7.55. The molecule has 0 aliphatic heterocycles. The molecule has 0 fully saturated rings. The van der Waals surface area contributed by atoms with Crippen molar-refractivity contribution in [2.75, 3.05) is 15.8 Å². The maximum atomic E-state index is 12.1. The molecule has 5 aromatic rings. The molecule has 0 saturated heterocycles. The van der Waals surface area contributed by atoms with Gasteiger partial charge >= 0.3 is 0 Å². The third-order valence-corrected chi connectivity index (χ3v) is 7.12. The first kappa shape index (κ1) is 25.2. The van der Waals surface area contributed by atoms with Crippen LogP contribution in [0.3, 0.4) is 0 Å².